The van der Waals surface area contributed by atoms with Gasteiger partial charge in [0.15, 0.2) is 0 Å². The van der Waals surface area contributed by atoms with Crippen LogP contribution < -0.4 is 0 Å². The minimum Gasteiger partial charge on any atom is -0.219 e. The van der Waals surface area contributed by atoms with E-state index in [2.05, 4.69) is 0 Å². The second-order valence-electron chi connectivity index (χ2n) is 6.43. The SMILES string of the molecule is Cc1ccc(S(=O)(=O)C2=CCCN(S(=O)(=O)c3ccc(C)cc3)C2)cc1. The Balaban J connectivity index is 1.90. The molecule has 0 aliphatic carbocycles. The molecule has 26 heavy (non-hydrogen) atoms. The number of hydrogen-bond donors (Lipinski definition) is 0. The third-order valence-electron chi connectivity index (χ3n) is 4.42. The molecule has 0 bridgehead atoms. The molecule has 0 saturated carbocycles. The Morgan fingerprint density at radius 1 is 0.769 bits per heavy atom. The molecule has 1 aliphatic rings. The van der Waals surface area contributed by atoms with E-state index in [1.807, 2.05) is 13.8 Å². The fourth-order valence-corrected chi connectivity index (χ4v) is 5.79. The van der Waals surface area contributed by atoms with Gasteiger partial charge in [0.25, 0.3) is 0 Å². The van der Waals surface area contributed by atoms with E-state index in [9.17, 15) is 16.8 Å². The van der Waals surface area contributed by atoms with E-state index in [0.717, 1.165) is 11.1 Å². The number of nitrogens with zero attached hydrogens (tertiary/aromatic N) is 1. The van der Waals surface area contributed by atoms with Crippen LogP contribution in [0.1, 0.15) is 17.5 Å². The summed E-state index contributed by atoms with van der Waals surface area (Å²) in [5.41, 5.74) is 1.93. The zero-order chi connectivity index (χ0) is 18.9. The summed E-state index contributed by atoms with van der Waals surface area (Å²) < 4.78 is 52.7. The van der Waals surface area contributed by atoms with Gasteiger partial charge in [-0.1, -0.05) is 41.5 Å². The van der Waals surface area contributed by atoms with E-state index in [4.69, 9.17) is 0 Å². The largest absolute Gasteiger partial charge is 0.243 e. The monoisotopic (exact) mass is 391 g/mol. The van der Waals surface area contributed by atoms with Crippen molar-refractivity contribution in [3.05, 3.63) is 70.6 Å². The van der Waals surface area contributed by atoms with Gasteiger partial charge in [-0.2, -0.15) is 4.31 Å². The summed E-state index contributed by atoms with van der Waals surface area (Å²) in [5, 5.41) is 0. The molecule has 5 nitrogen and oxygen atoms in total. The maximum atomic E-state index is 12.9. The van der Waals surface area contributed by atoms with E-state index in [-0.39, 0.29) is 27.8 Å². The number of aryl methyl sites for hydroxylation is 2. The van der Waals surface area contributed by atoms with E-state index < -0.39 is 19.9 Å². The van der Waals surface area contributed by atoms with Crippen molar-refractivity contribution < 1.29 is 16.8 Å². The lowest BCUT2D eigenvalue weighted by Gasteiger charge is -2.26. The standard InChI is InChI=1S/C19H21NO4S2/c1-15-5-9-17(10-6-15)25(21,22)19-4-3-13-20(14-19)26(23,24)18-11-7-16(2)8-12-18/h4-12H,3,13-14H2,1-2H3. The van der Waals surface area contributed by atoms with Crippen molar-refractivity contribution in [2.24, 2.45) is 0 Å². The van der Waals surface area contributed by atoms with Crippen LogP contribution in [0.2, 0.25) is 0 Å². The molecule has 0 unspecified atom stereocenters. The first-order valence-corrected chi connectivity index (χ1v) is 11.2. The molecule has 1 aliphatic heterocycles. The van der Waals surface area contributed by atoms with E-state index in [1.54, 1.807) is 54.6 Å². The molecule has 0 saturated heterocycles. The average molecular weight is 392 g/mol. The van der Waals surface area contributed by atoms with Crippen molar-refractivity contribution in [3.8, 4) is 0 Å². The van der Waals surface area contributed by atoms with Crippen LogP contribution >= 0.6 is 0 Å². The predicted octanol–water partition coefficient (Wildman–Crippen LogP) is 3.06. The molecular weight excluding hydrogens is 370 g/mol. The van der Waals surface area contributed by atoms with Crippen LogP contribution in [-0.2, 0) is 19.9 Å². The summed E-state index contributed by atoms with van der Waals surface area (Å²) in [5.74, 6) is 0. The molecule has 2 aromatic carbocycles. The smallest absolute Gasteiger partial charge is 0.219 e. The molecule has 0 aromatic heterocycles. The molecule has 7 heteroatoms. The lowest BCUT2D eigenvalue weighted by molar-refractivity contribution is 0.432. The van der Waals surface area contributed by atoms with Gasteiger partial charge in [-0.05, 0) is 44.5 Å². The molecular formula is C19H21NO4S2. The Bertz CT molecular complexity index is 1040. The normalized spacial score (nSPS) is 16.3. The van der Waals surface area contributed by atoms with Gasteiger partial charge in [-0.15, -0.1) is 0 Å². The van der Waals surface area contributed by atoms with Crippen molar-refractivity contribution in [3.63, 3.8) is 0 Å². The summed E-state index contributed by atoms with van der Waals surface area (Å²) in [6.07, 6.45) is 1.99. The summed E-state index contributed by atoms with van der Waals surface area (Å²) in [6, 6.07) is 13.1. The average Bonchev–Trinajstić information content (AvgIpc) is 2.62. The summed E-state index contributed by atoms with van der Waals surface area (Å²) in [7, 11) is -7.44. The number of hydrogen-bond acceptors (Lipinski definition) is 4. The first kappa shape index (κ1) is 18.8. The third-order valence-corrected chi connectivity index (χ3v) is 8.16. The molecule has 1 heterocycles. The van der Waals surface area contributed by atoms with E-state index in [1.165, 1.54) is 4.31 Å². The van der Waals surface area contributed by atoms with Gasteiger partial charge in [0, 0.05) is 13.1 Å². The fourth-order valence-electron chi connectivity index (χ4n) is 2.81. The second-order valence-corrected chi connectivity index (χ2v) is 10.4. The zero-order valence-corrected chi connectivity index (χ0v) is 16.3. The fraction of sp³-hybridized carbons (Fsp3) is 0.263. The quantitative estimate of drug-likeness (QED) is 0.803. The molecule has 0 radical (unpaired) electrons. The van der Waals surface area contributed by atoms with Gasteiger partial charge in [0.1, 0.15) is 0 Å². The lowest BCUT2D eigenvalue weighted by Crippen LogP contribution is -2.37. The van der Waals surface area contributed by atoms with Crippen molar-refractivity contribution >= 4 is 19.9 Å². The lowest BCUT2D eigenvalue weighted by atomic mass is 10.2. The van der Waals surface area contributed by atoms with Crippen LogP contribution in [0.15, 0.2) is 69.3 Å². The molecule has 0 amide bonds. The molecule has 0 spiro atoms. The van der Waals surface area contributed by atoms with Crippen LogP contribution in [0.3, 0.4) is 0 Å². The summed E-state index contributed by atoms with van der Waals surface area (Å²) in [6.45, 7) is 3.88. The highest BCUT2D eigenvalue weighted by atomic mass is 32.2. The minimum absolute atomic E-state index is 0.128. The molecule has 0 N–H and O–H groups in total. The van der Waals surface area contributed by atoms with Crippen molar-refractivity contribution in [1.82, 2.24) is 4.31 Å². The molecule has 0 fully saturated rings. The Labute approximate surface area is 154 Å². The Morgan fingerprint density at radius 2 is 1.27 bits per heavy atom. The number of rotatable bonds is 4. The van der Waals surface area contributed by atoms with Gasteiger partial charge in [-0.25, -0.2) is 16.8 Å². The van der Waals surface area contributed by atoms with Gasteiger partial charge >= 0.3 is 0 Å². The van der Waals surface area contributed by atoms with Crippen molar-refractivity contribution in [2.75, 3.05) is 13.1 Å². The first-order chi connectivity index (χ1) is 12.2. The van der Waals surface area contributed by atoms with Gasteiger partial charge in [-0.3, -0.25) is 0 Å². The van der Waals surface area contributed by atoms with E-state index >= 15 is 0 Å². The third kappa shape index (κ3) is 3.60. The molecule has 2 aromatic rings. The van der Waals surface area contributed by atoms with Gasteiger partial charge in [0.2, 0.25) is 19.9 Å². The first-order valence-electron chi connectivity index (χ1n) is 8.29. The Morgan fingerprint density at radius 3 is 1.81 bits per heavy atom. The zero-order valence-electron chi connectivity index (χ0n) is 14.7. The number of sulfonamides is 1. The highest BCUT2D eigenvalue weighted by Crippen LogP contribution is 2.27. The van der Waals surface area contributed by atoms with Gasteiger partial charge < -0.3 is 0 Å². The van der Waals surface area contributed by atoms with Crippen LogP contribution in [-0.4, -0.2) is 34.2 Å². The molecule has 0 atom stereocenters. The minimum atomic E-state index is -3.73. The van der Waals surface area contributed by atoms with Crippen LogP contribution in [0.25, 0.3) is 0 Å². The Kier molecular flexibility index (Phi) is 5.05. The summed E-state index contributed by atoms with van der Waals surface area (Å²) in [4.78, 5) is 0.490. The summed E-state index contributed by atoms with van der Waals surface area (Å²) >= 11 is 0. The topological polar surface area (TPSA) is 71.5 Å². The maximum Gasteiger partial charge on any atom is 0.243 e. The number of sulfone groups is 1. The highest BCUT2D eigenvalue weighted by Gasteiger charge is 2.32. The predicted molar refractivity (Wildman–Crippen MR) is 101 cm³/mol. The molecule has 3 rings (SSSR count). The number of benzene rings is 2. The van der Waals surface area contributed by atoms with Crippen LogP contribution in [0.5, 0.6) is 0 Å². The maximum absolute atomic E-state index is 12.9. The highest BCUT2D eigenvalue weighted by molar-refractivity contribution is 7.95. The molecule has 138 valence electrons. The van der Waals surface area contributed by atoms with Crippen LogP contribution in [0.4, 0.5) is 0 Å². The van der Waals surface area contributed by atoms with Crippen LogP contribution in [0, 0.1) is 13.8 Å². The Hall–Kier alpha value is -1.96. The second kappa shape index (κ2) is 6.98. The van der Waals surface area contributed by atoms with Gasteiger partial charge in [0.05, 0.1) is 14.7 Å². The van der Waals surface area contributed by atoms with Crippen molar-refractivity contribution in [2.45, 2.75) is 30.1 Å². The van der Waals surface area contributed by atoms with Crippen molar-refractivity contribution in [1.29, 1.82) is 0 Å². The van der Waals surface area contributed by atoms with E-state index in [0.29, 0.717) is 6.42 Å².